The van der Waals surface area contributed by atoms with E-state index in [-0.39, 0.29) is 17.2 Å². The third-order valence-corrected chi connectivity index (χ3v) is 6.68. The number of carbonyl (C=O) groups excluding carboxylic acids is 1. The third-order valence-electron chi connectivity index (χ3n) is 4.94. The maximum atomic E-state index is 12.9. The SMILES string of the molecule is COc1ccc([C@@H](CC(=O)NCc2ccc(C)cc2)NS(=O)(=O)c2ccc(Cl)cc2)cc1. The first kappa shape index (κ1) is 23.8. The second-order valence-electron chi connectivity index (χ2n) is 7.37. The number of benzene rings is 3. The van der Waals surface area contributed by atoms with E-state index in [4.69, 9.17) is 16.3 Å². The zero-order valence-corrected chi connectivity index (χ0v) is 19.4. The van der Waals surface area contributed by atoms with Crippen molar-refractivity contribution in [3.8, 4) is 5.75 Å². The Labute approximate surface area is 193 Å². The first-order valence-corrected chi connectivity index (χ1v) is 11.9. The summed E-state index contributed by atoms with van der Waals surface area (Å²) in [6.45, 7) is 2.35. The molecule has 3 rings (SSSR count). The van der Waals surface area contributed by atoms with E-state index in [9.17, 15) is 13.2 Å². The van der Waals surface area contributed by atoms with Crippen LogP contribution in [0.3, 0.4) is 0 Å². The van der Waals surface area contributed by atoms with Crippen LogP contribution in [-0.2, 0) is 21.4 Å². The Hall–Kier alpha value is -2.87. The van der Waals surface area contributed by atoms with E-state index in [2.05, 4.69) is 10.0 Å². The highest BCUT2D eigenvalue weighted by Crippen LogP contribution is 2.24. The molecule has 0 radical (unpaired) electrons. The van der Waals surface area contributed by atoms with Crippen LogP contribution >= 0.6 is 11.6 Å². The molecule has 1 amide bonds. The number of sulfonamides is 1. The van der Waals surface area contributed by atoms with Crippen molar-refractivity contribution < 1.29 is 17.9 Å². The molecule has 32 heavy (non-hydrogen) atoms. The average molecular weight is 473 g/mol. The summed E-state index contributed by atoms with van der Waals surface area (Å²) < 4.78 is 33.7. The summed E-state index contributed by atoms with van der Waals surface area (Å²) in [5.74, 6) is 0.363. The molecule has 0 aliphatic rings. The number of hydrogen-bond acceptors (Lipinski definition) is 4. The molecule has 0 spiro atoms. The van der Waals surface area contributed by atoms with Crippen LogP contribution in [0.4, 0.5) is 0 Å². The highest BCUT2D eigenvalue weighted by Gasteiger charge is 2.24. The largest absolute Gasteiger partial charge is 0.497 e. The van der Waals surface area contributed by atoms with Gasteiger partial charge >= 0.3 is 0 Å². The zero-order chi connectivity index (χ0) is 23.1. The summed E-state index contributed by atoms with van der Waals surface area (Å²) in [4.78, 5) is 12.7. The molecule has 0 aliphatic carbocycles. The summed E-state index contributed by atoms with van der Waals surface area (Å²) in [6, 6.07) is 19.9. The van der Waals surface area contributed by atoms with Gasteiger partial charge in [0.1, 0.15) is 5.75 Å². The lowest BCUT2D eigenvalue weighted by Crippen LogP contribution is -2.33. The molecule has 0 unspecified atom stereocenters. The number of ether oxygens (including phenoxy) is 1. The van der Waals surface area contributed by atoms with E-state index in [1.165, 1.54) is 24.3 Å². The minimum absolute atomic E-state index is 0.0645. The molecule has 1 atom stereocenters. The number of nitrogens with one attached hydrogen (secondary N) is 2. The van der Waals surface area contributed by atoms with Crippen LogP contribution in [0.2, 0.25) is 5.02 Å². The predicted molar refractivity (Wildman–Crippen MR) is 125 cm³/mol. The summed E-state index contributed by atoms with van der Waals surface area (Å²) >= 11 is 5.87. The summed E-state index contributed by atoms with van der Waals surface area (Å²) in [7, 11) is -2.33. The number of halogens is 1. The number of rotatable bonds is 9. The van der Waals surface area contributed by atoms with Crippen LogP contribution in [0.1, 0.15) is 29.2 Å². The van der Waals surface area contributed by atoms with Crippen LogP contribution in [0.25, 0.3) is 0 Å². The average Bonchev–Trinajstić information content (AvgIpc) is 2.78. The molecule has 3 aromatic rings. The Kier molecular flexibility index (Phi) is 7.90. The van der Waals surface area contributed by atoms with E-state index in [0.717, 1.165) is 11.1 Å². The van der Waals surface area contributed by atoms with Crippen LogP contribution in [-0.4, -0.2) is 21.4 Å². The van der Waals surface area contributed by atoms with Crippen molar-refractivity contribution in [2.45, 2.75) is 30.8 Å². The van der Waals surface area contributed by atoms with Crippen molar-refractivity contribution in [1.82, 2.24) is 10.0 Å². The molecule has 6 nitrogen and oxygen atoms in total. The number of aryl methyl sites for hydroxylation is 1. The molecule has 0 bridgehead atoms. The van der Waals surface area contributed by atoms with Gasteiger partial charge in [-0.15, -0.1) is 0 Å². The van der Waals surface area contributed by atoms with Gasteiger partial charge in [0.25, 0.3) is 0 Å². The van der Waals surface area contributed by atoms with E-state index >= 15 is 0 Å². The minimum atomic E-state index is -3.88. The van der Waals surface area contributed by atoms with Crippen molar-refractivity contribution in [3.63, 3.8) is 0 Å². The fourth-order valence-corrected chi connectivity index (χ4v) is 4.45. The smallest absolute Gasteiger partial charge is 0.241 e. The van der Waals surface area contributed by atoms with Gasteiger partial charge in [-0.25, -0.2) is 13.1 Å². The first-order valence-electron chi connectivity index (χ1n) is 10.0. The molecular weight excluding hydrogens is 448 g/mol. The van der Waals surface area contributed by atoms with Gasteiger partial charge in [0.15, 0.2) is 0 Å². The van der Waals surface area contributed by atoms with Gasteiger partial charge in [0, 0.05) is 18.0 Å². The molecule has 0 heterocycles. The number of hydrogen-bond donors (Lipinski definition) is 2. The maximum absolute atomic E-state index is 12.9. The predicted octanol–water partition coefficient (Wildman–Crippen LogP) is 4.38. The molecule has 0 aliphatic heterocycles. The fraction of sp³-hybridized carbons (Fsp3) is 0.208. The number of methoxy groups -OCH3 is 1. The van der Waals surface area contributed by atoms with Crippen molar-refractivity contribution in [1.29, 1.82) is 0 Å². The van der Waals surface area contributed by atoms with E-state index in [1.54, 1.807) is 31.4 Å². The molecule has 168 valence electrons. The quantitative estimate of drug-likeness (QED) is 0.484. The van der Waals surface area contributed by atoms with Gasteiger partial charge in [0.05, 0.1) is 18.0 Å². The van der Waals surface area contributed by atoms with Crippen molar-refractivity contribution in [2.24, 2.45) is 0 Å². The lowest BCUT2D eigenvalue weighted by molar-refractivity contribution is -0.121. The van der Waals surface area contributed by atoms with Crippen LogP contribution in [0.5, 0.6) is 5.75 Å². The molecule has 8 heteroatoms. The fourth-order valence-electron chi connectivity index (χ4n) is 3.10. The van der Waals surface area contributed by atoms with Crippen LogP contribution in [0, 0.1) is 6.92 Å². The Morgan fingerprint density at radius 3 is 2.19 bits per heavy atom. The van der Waals surface area contributed by atoms with Gasteiger partial charge in [-0.1, -0.05) is 53.6 Å². The maximum Gasteiger partial charge on any atom is 0.241 e. The van der Waals surface area contributed by atoms with Gasteiger partial charge in [-0.3, -0.25) is 4.79 Å². The van der Waals surface area contributed by atoms with Gasteiger partial charge in [-0.05, 0) is 54.4 Å². The summed E-state index contributed by atoms with van der Waals surface area (Å²) in [6.07, 6.45) is -0.0645. The second-order valence-corrected chi connectivity index (χ2v) is 9.52. The normalized spacial score (nSPS) is 12.2. The summed E-state index contributed by atoms with van der Waals surface area (Å²) in [5.41, 5.74) is 2.75. The number of amides is 1. The van der Waals surface area contributed by atoms with Gasteiger partial charge < -0.3 is 10.1 Å². The standard InChI is InChI=1S/C24H25ClN2O4S/c1-17-3-5-18(6-4-17)16-26-24(28)15-23(19-7-11-21(31-2)12-8-19)27-32(29,30)22-13-9-20(25)10-14-22/h3-14,23,27H,15-16H2,1-2H3,(H,26,28)/t23-/m1/s1. The van der Waals surface area contributed by atoms with Crippen molar-refractivity contribution in [2.75, 3.05) is 7.11 Å². The Morgan fingerprint density at radius 1 is 0.969 bits per heavy atom. The minimum Gasteiger partial charge on any atom is -0.497 e. The Morgan fingerprint density at radius 2 is 1.59 bits per heavy atom. The monoisotopic (exact) mass is 472 g/mol. The molecule has 0 aromatic heterocycles. The lowest BCUT2D eigenvalue weighted by Gasteiger charge is -2.19. The zero-order valence-electron chi connectivity index (χ0n) is 17.8. The molecule has 0 saturated heterocycles. The Balaban J connectivity index is 1.77. The Bertz CT molecular complexity index is 1150. The molecule has 2 N–H and O–H groups in total. The molecular formula is C24H25ClN2O4S. The van der Waals surface area contributed by atoms with E-state index in [1.807, 2.05) is 31.2 Å². The molecule has 0 fully saturated rings. The van der Waals surface area contributed by atoms with E-state index in [0.29, 0.717) is 22.9 Å². The van der Waals surface area contributed by atoms with Crippen molar-refractivity contribution in [3.05, 3.63) is 94.5 Å². The topological polar surface area (TPSA) is 84.5 Å². The third kappa shape index (κ3) is 6.56. The number of carbonyl (C=O) groups is 1. The molecule has 0 saturated carbocycles. The van der Waals surface area contributed by atoms with Gasteiger partial charge in [0.2, 0.25) is 15.9 Å². The lowest BCUT2D eigenvalue weighted by atomic mass is 10.0. The van der Waals surface area contributed by atoms with Crippen LogP contribution < -0.4 is 14.8 Å². The second kappa shape index (κ2) is 10.6. The molecule has 3 aromatic carbocycles. The first-order chi connectivity index (χ1) is 15.3. The highest BCUT2D eigenvalue weighted by atomic mass is 35.5. The van der Waals surface area contributed by atoms with E-state index < -0.39 is 16.1 Å². The van der Waals surface area contributed by atoms with Gasteiger partial charge in [-0.2, -0.15) is 0 Å². The van der Waals surface area contributed by atoms with Crippen molar-refractivity contribution >= 4 is 27.5 Å². The summed E-state index contributed by atoms with van der Waals surface area (Å²) in [5, 5.41) is 3.29. The van der Waals surface area contributed by atoms with Crippen LogP contribution in [0.15, 0.2) is 77.7 Å². The highest BCUT2D eigenvalue weighted by molar-refractivity contribution is 7.89.